The second-order valence-electron chi connectivity index (χ2n) is 7.18. The van der Waals surface area contributed by atoms with Gasteiger partial charge < -0.3 is 10.0 Å². The van der Waals surface area contributed by atoms with Crippen LogP contribution in [0.4, 0.5) is 5.69 Å². The molecule has 160 valence electrons. The Morgan fingerprint density at radius 3 is 2.60 bits per heavy atom. The van der Waals surface area contributed by atoms with Gasteiger partial charge in [0.1, 0.15) is 17.3 Å². The second-order valence-corrected chi connectivity index (χ2v) is 9.19. The summed E-state index contributed by atoms with van der Waals surface area (Å²) in [6.45, 7) is 5.68. The maximum absolute atomic E-state index is 13.0. The van der Waals surface area contributed by atoms with Crippen LogP contribution >= 0.6 is 0 Å². The molecule has 0 unspecified atom stereocenters. The van der Waals surface area contributed by atoms with Crippen LogP contribution < -0.4 is 4.72 Å². The number of nitrogens with zero attached hydrogens (tertiary/aromatic N) is 2. The number of pyridine rings is 1. The molecule has 0 saturated heterocycles. The third-order valence-corrected chi connectivity index (χ3v) is 6.46. The summed E-state index contributed by atoms with van der Waals surface area (Å²) in [6, 6.07) is 6.79. The minimum absolute atomic E-state index is 0.00594. The first kappa shape index (κ1) is 21.8. The van der Waals surface area contributed by atoms with Gasteiger partial charge in [-0.2, -0.15) is 0 Å². The van der Waals surface area contributed by atoms with E-state index in [9.17, 15) is 18.3 Å². The molecule has 9 heteroatoms. The number of hydrogen-bond donors (Lipinski definition) is 3. The van der Waals surface area contributed by atoms with Gasteiger partial charge in [0.15, 0.2) is 5.78 Å². The molecule has 0 bridgehead atoms. The van der Waals surface area contributed by atoms with Gasteiger partial charge in [0.05, 0.1) is 18.0 Å². The van der Waals surface area contributed by atoms with E-state index in [-0.39, 0.29) is 40.9 Å². The summed E-state index contributed by atoms with van der Waals surface area (Å²) in [7, 11) is -3.61. The molecule has 0 radical (unpaired) electrons. The lowest BCUT2D eigenvalue weighted by atomic mass is 10.0. The third kappa shape index (κ3) is 4.30. The number of amidine groups is 1. The van der Waals surface area contributed by atoms with E-state index in [1.807, 2.05) is 26.0 Å². The Morgan fingerprint density at radius 2 is 1.97 bits per heavy atom. The summed E-state index contributed by atoms with van der Waals surface area (Å²) < 4.78 is 26.2. The number of aryl methyl sites for hydroxylation is 2. The number of anilines is 1. The number of sulfonamides is 1. The minimum atomic E-state index is -3.61. The third-order valence-electron chi connectivity index (χ3n) is 5.17. The van der Waals surface area contributed by atoms with Crippen LogP contribution in [0.25, 0.3) is 0 Å². The molecule has 0 amide bonds. The van der Waals surface area contributed by atoms with Gasteiger partial charge in [0, 0.05) is 23.4 Å². The Balaban J connectivity index is 1.86. The van der Waals surface area contributed by atoms with E-state index in [0.29, 0.717) is 24.2 Å². The van der Waals surface area contributed by atoms with Gasteiger partial charge in [-0.15, -0.1) is 0 Å². The highest BCUT2D eigenvalue weighted by atomic mass is 32.2. The minimum Gasteiger partial charge on any atom is -0.505 e. The zero-order valence-electron chi connectivity index (χ0n) is 17.3. The Hall–Kier alpha value is -2.94. The van der Waals surface area contributed by atoms with Crippen molar-refractivity contribution in [2.75, 3.05) is 17.0 Å². The summed E-state index contributed by atoms with van der Waals surface area (Å²) in [5, 5.41) is 18.7. The maximum atomic E-state index is 13.0. The Labute approximate surface area is 176 Å². The number of rotatable bonds is 8. The number of Topliss-reactive ketones (excluding diaryl/α,β-unsaturated/α-hetero) is 1. The number of phenols is 1. The number of ketones is 1. The first-order valence-corrected chi connectivity index (χ1v) is 11.6. The van der Waals surface area contributed by atoms with Crippen molar-refractivity contribution in [3.63, 3.8) is 0 Å². The van der Waals surface area contributed by atoms with Crippen molar-refractivity contribution < 1.29 is 18.3 Å². The zero-order valence-corrected chi connectivity index (χ0v) is 18.1. The number of phenolic OH excluding ortho intramolecular Hbond substituents is 1. The van der Waals surface area contributed by atoms with Gasteiger partial charge in [-0.05, 0) is 43.5 Å². The van der Waals surface area contributed by atoms with Crippen LogP contribution in [0.15, 0.2) is 24.3 Å². The van der Waals surface area contributed by atoms with Crippen molar-refractivity contribution in [3.8, 4) is 5.75 Å². The van der Waals surface area contributed by atoms with E-state index < -0.39 is 10.0 Å². The van der Waals surface area contributed by atoms with Crippen LogP contribution in [0.3, 0.4) is 0 Å². The fourth-order valence-electron chi connectivity index (χ4n) is 3.33. The van der Waals surface area contributed by atoms with Gasteiger partial charge in [0.25, 0.3) is 0 Å². The van der Waals surface area contributed by atoms with E-state index in [4.69, 9.17) is 5.41 Å². The highest BCUT2D eigenvalue weighted by Gasteiger charge is 2.28. The van der Waals surface area contributed by atoms with Crippen molar-refractivity contribution in [3.05, 3.63) is 52.3 Å². The zero-order chi connectivity index (χ0) is 22.1. The molecule has 1 aromatic carbocycles. The molecule has 0 saturated carbocycles. The van der Waals surface area contributed by atoms with Gasteiger partial charge in [-0.3, -0.25) is 14.9 Å². The molecule has 1 aliphatic rings. The molecule has 1 aromatic heterocycles. The van der Waals surface area contributed by atoms with Crippen LogP contribution in [-0.4, -0.2) is 47.3 Å². The molecule has 3 N–H and O–H groups in total. The summed E-state index contributed by atoms with van der Waals surface area (Å²) in [5.41, 5.74) is 3.15. The fourth-order valence-corrected chi connectivity index (χ4v) is 3.97. The lowest BCUT2D eigenvalue weighted by Crippen LogP contribution is -2.30. The lowest BCUT2D eigenvalue weighted by Gasteiger charge is -2.18. The number of fused-ring (bicyclic) bond motifs is 1. The maximum Gasteiger partial charge on any atom is 0.232 e. The molecular formula is C21H26N4O4S. The summed E-state index contributed by atoms with van der Waals surface area (Å²) in [6.07, 6.45) is 1.20. The van der Waals surface area contributed by atoms with Crippen molar-refractivity contribution in [1.29, 1.82) is 5.41 Å². The molecule has 2 heterocycles. The van der Waals surface area contributed by atoms with E-state index in [0.717, 1.165) is 17.7 Å². The SMILES string of the molecule is CCc1ccc2c(n1)C(=N)N(CC(=O)c1cc(CC)c(O)c(NS(=O)(=O)CC)c1)C2. The van der Waals surface area contributed by atoms with Gasteiger partial charge >= 0.3 is 0 Å². The van der Waals surface area contributed by atoms with Crippen LogP contribution in [0, 0.1) is 5.41 Å². The predicted octanol–water partition coefficient (Wildman–Crippen LogP) is 2.70. The van der Waals surface area contributed by atoms with Crippen molar-refractivity contribution in [1.82, 2.24) is 9.88 Å². The standard InChI is InChI=1S/C21H26N4O4S/c1-4-13-9-15(10-17(20(13)27)24-30(28,29)6-3)18(26)12-25-11-14-7-8-16(5-2)23-19(14)21(25)22/h7-10,22,24,27H,4-6,11-12H2,1-3H3. The molecule has 8 nitrogen and oxygen atoms in total. The molecule has 1 aliphatic heterocycles. The van der Waals surface area contributed by atoms with Crippen molar-refractivity contribution >= 4 is 27.3 Å². The Morgan fingerprint density at radius 1 is 1.23 bits per heavy atom. The number of benzene rings is 1. The highest BCUT2D eigenvalue weighted by molar-refractivity contribution is 7.92. The molecule has 3 rings (SSSR count). The molecule has 0 fully saturated rings. The second kappa shape index (κ2) is 8.43. The first-order chi connectivity index (χ1) is 14.2. The number of aromatic nitrogens is 1. The summed E-state index contributed by atoms with van der Waals surface area (Å²) in [4.78, 5) is 19.1. The molecule has 0 atom stereocenters. The van der Waals surface area contributed by atoms with E-state index in [1.165, 1.54) is 13.0 Å². The average Bonchev–Trinajstić information content (AvgIpc) is 3.04. The normalized spacial score (nSPS) is 13.4. The van der Waals surface area contributed by atoms with Gasteiger partial charge in [-0.1, -0.05) is 19.9 Å². The van der Waals surface area contributed by atoms with Crippen LogP contribution in [0.1, 0.15) is 53.6 Å². The molecule has 0 spiro atoms. The number of hydrogen-bond acceptors (Lipinski definition) is 6. The number of carbonyl (C=O) groups excluding carboxylic acids is 1. The van der Waals surface area contributed by atoms with E-state index in [1.54, 1.807) is 11.0 Å². The quantitative estimate of drug-likeness (QED) is 0.437. The Kier molecular flexibility index (Phi) is 6.12. The topological polar surface area (TPSA) is 123 Å². The number of aromatic hydroxyl groups is 1. The molecule has 2 aromatic rings. The molecular weight excluding hydrogens is 404 g/mol. The lowest BCUT2D eigenvalue weighted by molar-refractivity contribution is 0.0962. The Bertz CT molecular complexity index is 1110. The molecule has 0 aliphatic carbocycles. The van der Waals surface area contributed by atoms with Gasteiger partial charge in [-0.25, -0.2) is 13.4 Å². The monoisotopic (exact) mass is 430 g/mol. The van der Waals surface area contributed by atoms with E-state index >= 15 is 0 Å². The molecule has 30 heavy (non-hydrogen) atoms. The highest BCUT2D eigenvalue weighted by Crippen LogP contribution is 2.31. The predicted molar refractivity (Wildman–Crippen MR) is 116 cm³/mol. The number of nitrogens with one attached hydrogen (secondary N) is 2. The first-order valence-electron chi connectivity index (χ1n) is 9.91. The fraction of sp³-hybridized carbons (Fsp3) is 0.381. The van der Waals surface area contributed by atoms with Crippen LogP contribution in [0.2, 0.25) is 0 Å². The van der Waals surface area contributed by atoms with Gasteiger partial charge in [0.2, 0.25) is 10.0 Å². The van der Waals surface area contributed by atoms with Crippen molar-refractivity contribution in [2.24, 2.45) is 0 Å². The smallest absolute Gasteiger partial charge is 0.232 e. The average molecular weight is 431 g/mol. The van der Waals surface area contributed by atoms with Crippen LogP contribution in [0.5, 0.6) is 5.75 Å². The summed E-state index contributed by atoms with van der Waals surface area (Å²) >= 11 is 0. The number of carbonyl (C=O) groups is 1. The summed E-state index contributed by atoms with van der Waals surface area (Å²) in [5.74, 6) is -0.393. The largest absolute Gasteiger partial charge is 0.505 e. The van der Waals surface area contributed by atoms with Crippen molar-refractivity contribution in [2.45, 2.75) is 40.2 Å². The van der Waals surface area contributed by atoms with Crippen LogP contribution in [-0.2, 0) is 29.4 Å². The van der Waals surface area contributed by atoms with E-state index in [2.05, 4.69) is 9.71 Å².